The quantitative estimate of drug-likeness (QED) is 0.805. The van der Waals surface area contributed by atoms with Crippen molar-refractivity contribution in [2.24, 2.45) is 0 Å². The molecule has 0 atom stereocenters. The molecule has 21 heavy (non-hydrogen) atoms. The molecular weight excluding hydrogens is 284 g/mol. The van der Waals surface area contributed by atoms with Crippen LogP contribution in [0.5, 0.6) is 0 Å². The Hall–Kier alpha value is -2.01. The van der Waals surface area contributed by atoms with E-state index < -0.39 is 10.0 Å². The molecule has 0 radical (unpaired) electrons. The minimum absolute atomic E-state index is 0.0618. The van der Waals surface area contributed by atoms with Crippen molar-refractivity contribution in [3.8, 4) is 0 Å². The first-order chi connectivity index (χ1) is 10.00. The summed E-state index contributed by atoms with van der Waals surface area (Å²) in [5.74, 6) is -0.0618. The van der Waals surface area contributed by atoms with Crippen molar-refractivity contribution in [2.75, 3.05) is 10.5 Å². The summed E-state index contributed by atoms with van der Waals surface area (Å²) in [6.45, 7) is 2.07. The number of rotatable bonds is 6. The maximum absolute atomic E-state index is 12.3. The molecule has 4 nitrogen and oxygen atoms in total. The highest BCUT2D eigenvalue weighted by Crippen LogP contribution is 2.19. The fraction of sp³-hybridized carbons (Fsp3) is 0.250. The van der Waals surface area contributed by atoms with Gasteiger partial charge in [0.2, 0.25) is 10.0 Å². The van der Waals surface area contributed by atoms with Gasteiger partial charge in [0.1, 0.15) is 0 Å². The predicted octanol–water partition coefficient (Wildman–Crippen LogP) is 3.16. The zero-order valence-electron chi connectivity index (χ0n) is 12.0. The van der Waals surface area contributed by atoms with Gasteiger partial charge in [-0.25, -0.2) is 8.42 Å². The molecule has 0 aliphatic carbocycles. The molecule has 0 aliphatic heterocycles. The highest BCUT2D eigenvalue weighted by atomic mass is 32.2. The number of nitrogen functional groups attached to an aromatic ring is 1. The third-order valence-electron chi connectivity index (χ3n) is 3.14. The minimum atomic E-state index is -3.43. The Kier molecular flexibility index (Phi) is 4.85. The molecule has 2 aromatic rings. The number of benzene rings is 2. The van der Waals surface area contributed by atoms with Crippen molar-refractivity contribution in [3.05, 3.63) is 59.7 Å². The second-order valence-corrected chi connectivity index (χ2v) is 6.73. The Labute approximate surface area is 126 Å². The van der Waals surface area contributed by atoms with Crippen LogP contribution in [0.3, 0.4) is 0 Å². The van der Waals surface area contributed by atoms with Gasteiger partial charge in [-0.2, -0.15) is 0 Å². The van der Waals surface area contributed by atoms with E-state index in [2.05, 4.69) is 11.6 Å². The summed E-state index contributed by atoms with van der Waals surface area (Å²) in [5.41, 5.74) is 8.61. The molecule has 0 heterocycles. The van der Waals surface area contributed by atoms with Gasteiger partial charge in [-0.1, -0.05) is 43.7 Å². The number of nitrogens with two attached hydrogens (primary N) is 1. The third kappa shape index (κ3) is 4.49. The van der Waals surface area contributed by atoms with E-state index in [0.29, 0.717) is 16.9 Å². The van der Waals surface area contributed by atoms with Crippen LogP contribution >= 0.6 is 0 Å². The van der Waals surface area contributed by atoms with Crippen molar-refractivity contribution in [1.82, 2.24) is 0 Å². The summed E-state index contributed by atoms with van der Waals surface area (Å²) in [7, 11) is -3.43. The summed E-state index contributed by atoms with van der Waals surface area (Å²) in [6, 6.07) is 14.4. The van der Waals surface area contributed by atoms with Crippen molar-refractivity contribution >= 4 is 21.4 Å². The van der Waals surface area contributed by atoms with Crippen LogP contribution in [0.4, 0.5) is 11.4 Å². The van der Waals surface area contributed by atoms with E-state index in [1.165, 1.54) is 0 Å². The molecule has 0 aromatic heterocycles. The lowest BCUT2D eigenvalue weighted by Gasteiger charge is -2.12. The standard InChI is InChI=1S/C16H20N2O2S/c1-2-5-14-6-3-4-7-16(14)18-21(19,20)12-13-8-10-15(17)11-9-13/h3-4,6-11,18H,2,5,12,17H2,1H3. The molecule has 0 saturated heterocycles. The van der Waals surface area contributed by atoms with E-state index in [4.69, 9.17) is 5.73 Å². The van der Waals surface area contributed by atoms with E-state index in [-0.39, 0.29) is 5.75 Å². The van der Waals surface area contributed by atoms with E-state index in [9.17, 15) is 8.42 Å². The number of anilines is 2. The summed E-state index contributed by atoms with van der Waals surface area (Å²) in [6.07, 6.45) is 1.82. The highest BCUT2D eigenvalue weighted by Gasteiger charge is 2.13. The average Bonchev–Trinajstić information content (AvgIpc) is 2.43. The SMILES string of the molecule is CCCc1ccccc1NS(=O)(=O)Cc1ccc(N)cc1. The van der Waals surface area contributed by atoms with Crippen molar-refractivity contribution in [2.45, 2.75) is 25.5 Å². The zero-order chi connectivity index (χ0) is 15.3. The molecule has 2 aromatic carbocycles. The molecule has 112 valence electrons. The average molecular weight is 304 g/mol. The lowest BCUT2D eigenvalue weighted by atomic mass is 10.1. The molecule has 0 saturated carbocycles. The summed E-state index contributed by atoms with van der Waals surface area (Å²) >= 11 is 0. The molecule has 5 heteroatoms. The van der Waals surface area contributed by atoms with Gasteiger partial charge in [0, 0.05) is 5.69 Å². The van der Waals surface area contributed by atoms with Gasteiger partial charge in [-0.15, -0.1) is 0 Å². The van der Waals surface area contributed by atoms with Crippen LogP contribution in [-0.4, -0.2) is 8.42 Å². The highest BCUT2D eigenvalue weighted by molar-refractivity contribution is 7.91. The topological polar surface area (TPSA) is 72.2 Å². The molecule has 0 amide bonds. The van der Waals surface area contributed by atoms with Crippen molar-refractivity contribution in [3.63, 3.8) is 0 Å². The van der Waals surface area contributed by atoms with Gasteiger partial charge >= 0.3 is 0 Å². The van der Waals surface area contributed by atoms with Gasteiger partial charge in [0.15, 0.2) is 0 Å². The molecule has 3 N–H and O–H groups in total. The largest absolute Gasteiger partial charge is 0.399 e. The zero-order valence-corrected chi connectivity index (χ0v) is 12.9. The number of sulfonamides is 1. The summed E-state index contributed by atoms with van der Waals surface area (Å²) in [4.78, 5) is 0. The van der Waals surface area contributed by atoms with Gasteiger partial charge < -0.3 is 5.73 Å². The minimum Gasteiger partial charge on any atom is -0.399 e. The van der Waals surface area contributed by atoms with Crippen molar-refractivity contribution in [1.29, 1.82) is 0 Å². The van der Waals surface area contributed by atoms with Crippen LogP contribution < -0.4 is 10.5 Å². The Balaban J connectivity index is 2.16. The Morgan fingerprint density at radius 2 is 1.71 bits per heavy atom. The smallest absolute Gasteiger partial charge is 0.236 e. The fourth-order valence-electron chi connectivity index (χ4n) is 2.14. The predicted molar refractivity (Wildman–Crippen MR) is 87.5 cm³/mol. The third-order valence-corrected chi connectivity index (χ3v) is 4.38. The fourth-order valence-corrected chi connectivity index (χ4v) is 3.38. The molecule has 0 aliphatic rings. The van der Waals surface area contributed by atoms with Gasteiger partial charge in [0.05, 0.1) is 11.4 Å². The molecule has 0 unspecified atom stereocenters. The number of para-hydroxylation sites is 1. The summed E-state index contributed by atoms with van der Waals surface area (Å²) in [5, 5.41) is 0. The number of hydrogen-bond acceptors (Lipinski definition) is 3. The molecule has 0 bridgehead atoms. The summed E-state index contributed by atoms with van der Waals surface area (Å²) < 4.78 is 27.2. The molecule has 2 rings (SSSR count). The monoisotopic (exact) mass is 304 g/mol. The van der Waals surface area contributed by atoms with E-state index in [0.717, 1.165) is 18.4 Å². The first-order valence-corrected chi connectivity index (χ1v) is 8.58. The van der Waals surface area contributed by atoms with E-state index >= 15 is 0 Å². The maximum atomic E-state index is 12.3. The van der Waals surface area contributed by atoms with Crippen LogP contribution in [0.1, 0.15) is 24.5 Å². The lowest BCUT2D eigenvalue weighted by Crippen LogP contribution is -2.16. The Morgan fingerprint density at radius 3 is 2.38 bits per heavy atom. The normalized spacial score (nSPS) is 11.3. The van der Waals surface area contributed by atoms with Gasteiger partial charge in [0.25, 0.3) is 0 Å². The van der Waals surface area contributed by atoms with Crippen molar-refractivity contribution < 1.29 is 8.42 Å². The Morgan fingerprint density at radius 1 is 1.05 bits per heavy atom. The van der Waals surface area contributed by atoms with Crippen LogP contribution in [0, 0.1) is 0 Å². The first kappa shape index (κ1) is 15.4. The lowest BCUT2D eigenvalue weighted by molar-refractivity contribution is 0.600. The molecule has 0 fully saturated rings. The number of hydrogen-bond donors (Lipinski definition) is 2. The number of nitrogens with one attached hydrogen (secondary N) is 1. The maximum Gasteiger partial charge on any atom is 0.236 e. The van der Waals surface area contributed by atoms with Crippen LogP contribution in [-0.2, 0) is 22.2 Å². The van der Waals surface area contributed by atoms with Gasteiger partial charge in [-0.3, -0.25) is 4.72 Å². The van der Waals surface area contributed by atoms with E-state index in [1.54, 1.807) is 30.3 Å². The van der Waals surface area contributed by atoms with Gasteiger partial charge in [-0.05, 0) is 35.7 Å². The van der Waals surface area contributed by atoms with E-state index in [1.807, 2.05) is 18.2 Å². The second-order valence-electron chi connectivity index (χ2n) is 5.01. The van der Waals surface area contributed by atoms with Crippen LogP contribution in [0.15, 0.2) is 48.5 Å². The second kappa shape index (κ2) is 6.63. The Bertz CT molecular complexity index is 694. The van der Waals surface area contributed by atoms with Crippen LogP contribution in [0.25, 0.3) is 0 Å². The van der Waals surface area contributed by atoms with Crippen LogP contribution in [0.2, 0.25) is 0 Å². The molecular formula is C16H20N2O2S. The number of aryl methyl sites for hydroxylation is 1. The first-order valence-electron chi connectivity index (χ1n) is 6.93. The molecule has 0 spiro atoms.